The molecule has 33 heavy (non-hydrogen) atoms. The molecule has 1 heterocycles. The normalized spacial score (nSPS) is 16.7. The van der Waals surface area contributed by atoms with Crippen LogP contribution in [-0.2, 0) is 4.74 Å². The zero-order chi connectivity index (χ0) is 23.2. The Labute approximate surface area is 197 Å². The Balaban J connectivity index is 1.60. The Morgan fingerprint density at radius 1 is 0.667 bits per heavy atom. The second-order valence-corrected chi connectivity index (χ2v) is 8.55. The zero-order valence-electron chi connectivity index (χ0n) is 19.7. The van der Waals surface area contributed by atoms with E-state index in [0.717, 1.165) is 28.2 Å². The van der Waals surface area contributed by atoms with Crippen LogP contribution in [0.5, 0.6) is 0 Å². The molecule has 0 aromatic heterocycles. The summed E-state index contributed by atoms with van der Waals surface area (Å²) in [5.74, 6) is 1.67. The molecule has 1 aliphatic carbocycles. The zero-order valence-corrected chi connectivity index (χ0v) is 19.7. The van der Waals surface area contributed by atoms with Gasteiger partial charge in [-0.25, -0.2) is 4.58 Å². The summed E-state index contributed by atoms with van der Waals surface area (Å²) in [5.41, 5.74) is 8.23. The minimum atomic E-state index is 0.816. The lowest BCUT2D eigenvalue weighted by atomic mass is 9.99. The van der Waals surface area contributed by atoms with E-state index in [1.54, 1.807) is 0 Å². The summed E-state index contributed by atoms with van der Waals surface area (Å²) in [5, 5.41) is 0. The van der Waals surface area contributed by atoms with Crippen molar-refractivity contribution in [3.05, 3.63) is 143 Å². The van der Waals surface area contributed by atoms with Crippen LogP contribution in [0, 0.1) is 13.8 Å². The second kappa shape index (κ2) is 10.1. The van der Waals surface area contributed by atoms with Gasteiger partial charge < -0.3 is 4.74 Å². The molecule has 1 aliphatic heterocycles. The van der Waals surface area contributed by atoms with Crippen molar-refractivity contribution in [2.45, 2.75) is 13.8 Å². The number of hydrogen-bond donors (Lipinski definition) is 0. The first-order valence-electron chi connectivity index (χ1n) is 11.2. The quantitative estimate of drug-likeness (QED) is 0.476. The minimum absolute atomic E-state index is 0.816. The standard InChI is InChI=1S/C31H30NO/c1-23-9-15-26(16-10-23)28-21-30(33-31(22-28)27-17-11-24(2)12-18-27)8-6-5-7-25-13-19-29(20-14-25)32(3)4/h5-22H,1-4H3/q+1/b6-5+,30-8+. The Morgan fingerprint density at radius 3 is 1.85 bits per heavy atom. The average Bonchev–Trinajstić information content (AvgIpc) is 2.83. The van der Waals surface area contributed by atoms with E-state index in [0.29, 0.717) is 0 Å². The number of rotatable bonds is 4. The van der Waals surface area contributed by atoms with Crippen LogP contribution in [-0.4, -0.2) is 24.4 Å². The van der Waals surface area contributed by atoms with Crippen molar-refractivity contribution in [2.75, 3.05) is 14.1 Å². The summed E-state index contributed by atoms with van der Waals surface area (Å²) < 4.78 is 8.36. The molecule has 0 amide bonds. The first-order chi connectivity index (χ1) is 16.0. The van der Waals surface area contributed by atoms with Gasteiger partial charge in [-0.2, -0.15) is 0 Å². The van der Waals surface area contributed by atoms with Gasteiger partial charge in [0.1, 0.15) is 25.6 Å². The van der Waals surface area contributed by atoms with Crippen LogP contribution in [0.15, 0.2) is 121 Å². The Hall–Kier alpha value is -3.91. The van der Waals surface area contributed by atoms with Crippen LogP contribution in [0.1, 0.15) is 22.3 Å². The Morgan fingerprint density at radius 2 is 1.24 bits per heavy atom. The first-order valence-corrected chi connectivity index (χ1v) is 11.2. The monoisotopic (exact) mass is 432 g/mol. The fourth-order valence-electron chi connectivity index (χ4n) is 3.58. The van der Waals surface area contributed by atoms with E-state index < -0.39 is 0 Å². The Bertz CT molecular complexity index is 1250. The summed E-state index contributed by atoms with van der Waals surface area (Å²) in [7, 11) is 4.10. The first kappa shape index (κ1) is 22.3. The second-order valence-electron chi connectivity index (χ2n) is 8.55. The summed E-state index contributed by atoms with van der Waals surface area (Å²) in [6.45, 7) is 4.20. The van der Waals surface area contributed by atoms with Crippen LogP contribution in [0.25, 0.3) is 11.3 Å². The maximum atomic E-state index is 6.26. The third-order valence-electron chi connectivity index (χ3n) is 5.60. The summed E-state index contributed by atoms with van der Waals surface area (Å²) in [6, 6.07) is 17.1. The van der Waals surface area contributed by atoms with Gasteiger partial charge in [-0.15, -0.1) is 0 Å². The summed E-state index contributed by atoms with van der Waals surface area (Å²) >= 11 is 0. The van der Waals surface area contributed by atoms with Crippen LogP contribution >= 0.6 is 0 Å². The molecule has 4 rings (SSSR count). The van der Waals surface area contributed by atoms with E-state index in [-0.39, 0.29) is 0 Å². The van der Waals surface area contributed by atoms with Gasteiger partial charge in [0, 0.05) is 17.7 Å². The van der Waals surface area contributed by atoms with E-state index in [1.165, 1.54) is 22.4 Å². The van der Waals surface area contributed by atoms with Gasteiger partial charge in [-0.05, 0) is 60.9 Å². The smallest absolute Gasteiger partial charge is 0.199 e. The molecule has 164 valence electrons. The highest BCUT2D eigenvalue weighted by molar-refractivity contribution is 6.02. The number of hydrogen-bond acceptors (Lipinski definition) is 1. The lowest BCUT2D eigenvalue weighted by Crippen LogP contribution is -2.09. The highest BCUT2D eigenvalue weighted by atomic mass is 16.5. The predicted molar refractivity (Wildman–Crippen MR) is 140 cm³/mol. The molecule has 2 aromatic carbocycles. The SMILES string of the molecule is Cc1ccc(C2=C/C(=C\C=C\C=C3C=CC(=[N+](C)C)C=C3)OC(c3ccc(C)cc3)=C2)cc1. The number of nitrogens with zero attached hydrogens (tertiary/aromatic N) is 1. The largest absolute Gasteiger partial charge is 0.457 e. The molecule has 0 radical (unpaired) electrons. The molecule has 2 aromatic rings. The fraction of sp³-hybridized carbons (Fsp3) is 0.129. The molecule has 2 nitrogen and oxygen atoms in total. The van der Waals surface area contributed by atoms with E-state index in [2.05, 4.69) is 109 Å². The molecule has 0 atom stereocenters. The van der Waals surface area contributed by atoms with E-state index in [1.807, 2.05) is 32.3 Å². The average molecular weight is 433 g/mol. The molecule has 2 aliphatic rings. The van der Waals surface area contributed by atoms with Crippen molar-refractivity contribution in [1.29, 1.82) is 0 Å². The summed E-state index contributed by atoms with van der Waals surface area (Å²) in [4.78, 5) is 0. The van der Waals surface area contributed by atoms with Crippen molar-refractivity contribution in [2.24, 2.45) is 0 Å². The molecular weight excluding hydrogens is 402 g/mol. The third-order valence-corrected chi connectivity index (χ3v) is 5.60. The van der Waals surface area contributed by atoms with Crippen LogP contribution < -0.4 is 0 Å². The van der Waals surface area contributed by atoms with E-state index in [4.69, 9.17) is 4.74 Å². The maximum absolute atomic E-state index is 6.26. The van der Waals surface area contributed by atoms with Gasteiger partial charge >= 0.3 is 0 Å². The van der Waals surface area contributed by atoms with Gasteiger partial charge in [0.05, 0.1) is 0 Å². The van der Waals surface area contributed by atoms with E-state index >= 15 is 0 Å². The van der Waals surface area contributed by atoms with Gasteiger partial charge in [-0.3, -0.25) is 0 Å². The number of allylic oxidation sites excluding steroid dienone is 12. The maximum Gasteiger partial charge on any atom is 0.199 e. The Kier molecular flexibility index (Phi) is 6.85. The molecule has 0 fully saturated rings. The van der Waals surface area contributed by atoms with Gasteiger partial charge in [0.15, 0.2) is 5.71 Å². The number of benzene rings is 2. The topological polar surface area (TPSA) is 12.2 Å². The fourth-order valence-corrected chi connectivity index (χ4v) is 3.58. The predicted octanol–water partition coefficient (Wildman–Crippen LogP) is 6.96. The van der Waals surface area contributed by atoms with E-state index in [9.17, 15) is 0 Å². The van der Waals surface area contributed by atoms with Crippen molar-refractivity contribution >= 4 is 17.0 Å². The molecule has 0 saturated carbocycles. The molecule has 0 spiro atoms. The lowest BCUT2D eigenvalue weighted by Gasteiger charge is -2.18. The number of aryl methyl sites for hydroxylation is 2. The van der Waals surface area contributed by atoms with Crippen LogP contribution in [0.2, 0.25) is 0 Å². The summed E-state index contributed by atoms with van der Waals surface area (Å²) in [6.07, 6.45) is 20.9. The number of ether oxygens (including phenoxy) is 1. The highest BCUT2D eigenvalue weighted by Gasteiger charge is 2.14. The van der Waals surface area contributed by atoms with Crippen molar-refractivity contribution < 1.29 is 9.31 Å². The third kappa shape index (κ3) is 5.87. The molecule has 0 bridgehead atoms. The molecular formula is C31H30NO+. The molecule has 0 unspecified atom stereocenters. The lowest BCUT2D eigenvalue weighted by molar-refractivity contribution is -0.462. The highest BCUT2D eigenvalue weighted by Crippen LogP contribution is 2.32. The van der Waals surface area contributed by atoms with Gasteiger partial charge in [0.2, 0.25) is 0 Å². The molecule has 2 heteroatoms. The van der Waals surface area contributed by atoms with Crippen molar-refractivity contribution in [1.82, 2.24) is 0 Å². The molecule has 0 saturated heterocycles. The van der Waals surface area contributed by atoms with Crippen LogP contribution in [0.4, 0.5) is 0 Å². The molecule has 0 N–H and O–H groups in total. The van der Waals surface area contributed by atoms with Crippen molar-refractivity contribution in [3.8, 4) is 0 Å². The van der Waals surface area contributed by atoms with Crippen LogP contribution in [0.3, 0.4) is 0 Å². The minimum Gasteiger partial charge on any atom is -0.457 e. The van der Waals surface area contributed by atoms with Gasteiger partial charge in [0.25, 0.3) is 0 Å². The van der Waals surface area contributed by atoms with Gasteiger partial charge in [-0.1, -0.05) is 77.9 Å². The van der Waals surface area contributed by atoms with Crippen molar-refractivity contribution in [3.63, 3.8) is 0 Å².